The number of hydrazine groups is 1. The van der Waals surface area contributed by atoms with E-state index in [2.05, 4.69) is 58.0 Å². The third-order valence-corrected chi connectivity index (χ3v) is 15.1. The molecule has 6 heterocycles. The average Bonchev–Trinajstić information content (AvgIpc) is 3.70. The second-order valence-corrected chi connectivity index (χ2v) is 21.2. The Morgan fingerprint density at radius 1 is 1.00 bits per heavy atom. The third-order valence-electron chi connectivity index (χ3n) is 15.1. The van der Waals surface area contributed by atoms with Crippen molar-refractivity contribution in [3.8, 4) is 11.3 Å². The molecular weight excluding hydrogens is 935 g/mol. The summed E-state index contributed by atoms with van der Waals surface area (Å²) in [4.78, 5) is 80.6. The molecule has 400 valence electrons. The first-order chi connectivity index (χ1) is 34.8. The van der Waals surface area contributed by atoms with Gasteiger partial charge in [0, 0.05) is 100 Å². The Labute approximate surface area is 430 Å². The molecule has 1 aromatic carbocycles. The molecule has 0 radical (unpaired) electrons. The topological polar surface area (TPSA) is 201 Å². The maximum absolute atomic E-state index is 14.2. The van der Waals surface area contributed by atoms with E-state index in [9.17, 15) is 29.1 Å². The number of anilines is 1. The van der Waals surface area contributed by atoms with Crippen LogP contribution in [-0.2, 0) is 51.1 Å². The molecule has 4 aliphatic heterocycles. The molecule has 4 fully saturated rings. The quantitative estimate of drug-likeness (QED) is 0.120. The number of morpholine rings is 2. The van der Waals surface area contributed by atoms with Crippen molar-refractivity contribution >= 4 is 46.3 Å². The molecular formula is C54H79N9O10. The number of nitrogens with one attached hydrogen (secondary N) is 2. The molecule has 0 saturated carbocycles. The fourth-order valence-electron chi connectivity index (χ4n) is 11.0. The summed E-state index contributed by atoms with van der Waals surface area (Å²) in [5.41, 5.74) is 5.39. The van der Waals surface area contributed by atoms with Crippen LogP contribution in [0.4, 0.5) is 10.5 Å². The van der Waals surface area contributed by atoms with Crippen molar-refractivity contribution in [2.45, 2.75) is 123 Å². The first kappa shape index (κ1) is 55.2. The van der Waals surface area contributed by atoms with Crippen molar-refractivity contribution in [1.82, 2.24) is 40.0 Å². The lowest BCUT2D eigenvalue weighted by atomic mass is 9.84. The standard InChI is InChI=1S/C54H79N9O10/c1-11-42(56-48(65)46(36(4)5)58(9)51(68)60-24-20-53(21-25-60)34-61(28-31-73-53)44(64)12-2)49(66)63-23-15-19-54(69,57-63)50(67)72-35-52(7,8)33-41-40-32-38(59-26-29-71-30-27-59)17-18-43(40)62(13-3)47(41)39-16-14-22-55-45(39)37(6)70-10/h12,14,16-18,22,32,36-37,42,46,57,69H,2,11,13,15,19-21,23-31,33-35H2,1,3-10H3,(H,56,65)/t37-,42-,46-,54?/m0/s1. The molecule has 3 N–H and O–H groups in total. The summed E-state index contributed by atoms with van der Waals surface area (Å²) >= 11 is 0. The zero-order valence-corrected chi connectivity index (χ0v) is 44.5. The second kappa shape index (κ2) is 23.3. The molecule has 4 atom stereocenters. The maximum Gasteiger partial charge on any atom is 0.355 e. The number of methoxy groups -OCH3 is 1. The van der Waals surface area contributed by atoms with Crippen LogP contribution in [0.5, 0.6) is 0 Å². The van der Waals surface area contributed by atoms with Gasteiger partial charge in [-0.1, -0.05) is 41.2 Å². The highest BCUT2D eigenvalue weighted by molar-refractivity contribution is 5.95. The van der Waals surface area contributed by atoms with Gasteiger partial charge in [-0.3, -0.25) is 24.4 Å². The number of fused-ring (bicyclic) bond motifs is 1. The van der Waals surface area contributed by atoms with Gasteiger partial charge in [0.25, 0.3) is 5.91 Å². The van der Waals surface area contributed by atoms with Gasteiger partial charge in [0.05, 0.1) is 56.1 Å². The van der Waals surface area contributed by atoms with E-state index < -0.39 is 46.6 Å². The number of hydrogen-bond acceptors (Lipinski definition) is 13. The van der Waals surface area contributed by atoms with Gasteiger partial charge in [-0.05, 0) is 93.8 Å². The minimum absolute atomic E-state index is 0.00358. The lowest BCUT2D eigenvalue weighted by Crippen LogP contribution is -2.67. The highest BCUT2D eigenvalue weighted by atomic mass is 16.6. The number of likely N-dealkylation sites (tertiary alicyclic amines) is 1. The molecule has 19 heteroatoms. The number of carbonyl (C=O) groups excluding carboxylic acids is 5. The SMILES string of the molecule is C=CC(=O)N1CCOC2(CCN(C(=O)N(C)[C@H](C(=O)N[C@@H](CC)C(=O)N3CCCC(O)(C(=O)OCC(C)(C)Cc4c(-c5cccnc5[C@H](C)OC)n(CC)c5ccc(N6CCOCC6)cc45)N3)C(C)C)CC2)C1. The van der Waals surface area contributed by atoms with Gasteiger partial charge in [-0.25, -0.2) is 9.59 Å². The lowest BCUT2D eigenvalue weighted by Gasteiger charge is -2.47. The van der Waals surface area contributed by atoms with Crippen LogP contribution in [0.3, 0.4) is 0 Å². The molecule has 73 heavy (non-hydrogen) atoms. The Balaban J connectivity index is 1.02. The summed E-state index contributed by atoms with van der Waals surface area (Å²) in [5.74, 6) is -2.41. The van der Waals surface area contributed by atoms with Gasteiger partial charge in [-0.15, -0.1) is 0 Å². The fraction of sp³-hybridized carbons (Fsp3) is 0.630. The molecule has 1 unspecified atom stereocenters. The number of hydrogen-bond donors (Lipinski definition) is 3. The Morgan fingerprint density at radius 3 is 2.38 bits per heavy atom. The zero-order valence-electron chi connectivity index (χ0n) is 44.5. The van der Waals surface area contributed by atoms with Gasteiger partial charge in [0.2, 0.25) is 17.5 Å². The summed E-state index contributed by atoms with van der Waals surface area (Å²) in [7, 11) is 3.26. The van der Waals surface area contributed by atoms with E-state index in [0.717, 1.165) is 52.2 Å². The Bertz CT molecular complexity index is 2480. The smallest absolute Gasteiger partial charge is 0.355 e. The number of piperidine rings is 1. The van der Waals surface area contributed by atoms with E-state index >= 15 is 0 Å². The van der Waals surface area contributed by atoms with E-state index in [4.69, 9.17) is 23.9 Å². The summed E-state index contributed by atoms with van der Waals surface area (Å²) in [6.45, 7) is 23.0. The van der Waals surface area contributed by atoms with E-state index in [1.165, 1.54) is 16.0 Å². The number of carbonyl (C=O) groups is 5. The van der Waals surface area contributed by atoms with Crippen LogP contribution in [0.1, 0.15) is 97.9 Å². The van der Waals surface area contributed by atoms with Crippen molar-refractivity contribution in [3.63, 3.8) is 0 Å². The average molecular weight is 1010 g/mol. The largest absolute Gasteiger partial charge is 0.462 e. The number of pyridine rings is 1. The number of benzene rings is 1. The van der Waals surface area contributed by atoms with Crippen molar-refractivity contribution in [2.24, 2.45) is 11.3 Å². The van der Waals surface area contributed by atoms with Crippen molar-refractivity contribution in [2.75, 3.05) is 91.3 Å². The van der Waals surface area contributed by atoms with Crippen LogP contribution in [0, 0.1) is 11.3 Å². The number of esters is 1. The number of likely N-dealkylation sites (N-methyl/N-ethyl adjacent to an activating group) is 1. The van der Waals surface area contributed by atoms with Gasteiger partial charge >= 0.3 is 12.0 Å². The summed E-state index contributed by atoms with van der Waals surface area (Å²) in [6, 6.07) is 8.33. The van der Waals surface area contributed by atoms with Crippen LogP contribution >= 0.6 is 0 Å². The molecule has 1 spiro atoms. The van der Waals surface area contributed by atoms with Gasteiger partial charge in [-0.2, -0.15) is 5.43 Å². The number of aromatic nitrogens is 2. The minimum Gasteiger partial charge on any atom is -0.462 e. The number of nitrogens with zero attached hydrogens (tertiary/aromatic N) is 7. The minimum atomic E-state index is -2.22. The number of aryl methyl sites for hydroxylation is 1. The van der Waals surface area contributed by atoms with Crippen molar-refractivity contribution < 1.29 is 48.0 Å². The van der Waals surface area contributed by atoms with Crippen molar-refractivity contribution in [1.29, 1.82) is 0 Å². The molecule has 0 bridgehead atoms. The van der Waals surface area contributed by atoms with Crippen molar-refractivity contribution in [3.05, 3.63) is 60.4 Å². The van der Waals surface area contributed by atoms with Crippen LogP contribution in [0.25, 0.3) is 22.2 Å². The predicted octanol–water partition coefficient (Wildman–Crippen LogP) is 5.05. The number of urea groups is 1. The van der Waals surface area contributed by atoms with Crippen LogP contribution < -0.4 is 15.6 Å². The Kier molecular flexibility index (Phi) is 17.6. The Morgan fingerprint density at radius 2 is 1.73 bits per heavy atom. The monoisotopic (exact) mass is 1010 g/mol. The van der Waals surface area contributed by atoms with Crippen LogP contribution in [-0.4, -0.2) is 174 Å². The molecule has 5 amide bonds. The summed E-state index contributed by atoms with van der Waals surface area (Å²) in [6.07, 6.45) is 4.86. The maximum atomic E-state index is 14.2. The number of rotatable bonds is 17. The van der Waals surface area contributed by atoms with E-state index in [1.54, 1.807) is 37.1 Å². The van der Waals surface area contributed by atoms with E-state index in [0.29, 0.717) is 71.8 Å². The molecule has 4 aliphatic rings. The first-order valence-electron chi connectivity index (χ1n) is 26.1. The van der Waals surface area contributed by atoms with Gasteiger partial charge in [0.15, 0.2) is 0 Å². The molecule has 7 rings (SSSR count). The molecule has 2 aromatic heterocycles. The van der Waals surface area contributed by atoms with E-state index in [1.807, 2.05) is 40.7 Å². The fourth-order valence-corrected chi connectivity index (χ4v) is 11.0. The van der Waals surface area contributed by atoms with E-state index in [-0.39, 0.29) is 56.4 Å². The van der Waals surface area contributed by atoms with Gasteiger partial charge in [0.1, 0.15) is 12.1 Å². The summed E-state index contributed by atoms with van der Waals surface area (Å²) < 4.78 is 26.0. The van der Waals surface area contributed by atoms with Gasteiger partial charge < -0.3 is 53.5 Å². The third kappa shape index (κ3) is 12.0. The number of amides is 5. The molecule has 19 nitrogen and oxygen atoms in total. The zero-order chi connectivity index (χ0) is 52.8. The second-order valence-electron chi connectivity index (χ2n) is 21.2. The van der Waals surface area contributed by atoms with Crippen LogP contribution in [0.15, 0.2) is 49.2 Å². The number of ether oxygens (including phenoxy) is 4. The van der Waals surface area contributed by atoms with Crippen LogP contribution in [0.2, 0.25) is 0 Å². The normalized spacial score (nSPS) is 20.7. The first-order valence-corrected chi connectivity index (χ1v) is 26.1. The molecule has 0 aliphatic carbocycles. The molecule has 4 saturated heterocycles. The predicted molar refractivity (Wildman–Crippen MR) is 277 cm³/mol. The molecule has 3 aromatic rings. The summed E-state index contributed by atoms with van der Waals surface area (Å²) in [5, 5.41) is 17.0. The highest BCUT2D eigenvalue weighted by Crippen LogP contribution is 2.42. The lowest BCUT2D eigenvalue weighted by molar-refractivity contribution is -0.189. The number of aliphatic hydroxyl groups is 1. The highest BCUT2D eigenvalue weighted by Gasteiger charge is 2.46. The Hall–Kier alpha value is -5.60.